The second-order valence-corrected chi connectivity index (χ2v) is 8.64. The van der Waals surface area contributed by atoms with Crippen LogP contribution >= 0.6 is 0 Å². The van der Waals surface area contributed by atoms with Crippen molar-refractivity contribution < 1.29 is 0 Å². The molecule has 31 heavy (non-hydrogen) atoms. The first kappa shape index (κ1) is 18.2. The number of hydrogen-bond acceptors (Lipinski definition) is 0. The zero-order valence-corrected chi connectivity index (χ0v) is 17.7. The fraction of sp³-hybridized carbons (Fsp3) is 0.0968. The van der Waals surface area contributed by atoms with Crippen LogP contribution in [-0.2, 0) is 12.8 Å². The third kappa shape index (κ3) is 3.16. The second kappa shape index (κ2) is 7.25. The van der Waals surface area contributed by atoms with Gasteiger partial charge in [0.05, 0.1) is 0 Å². The molecule has 0 nitrogen and oxygen atoms in total. The average Bonchev–Trinajstić information content (AvgIpc) is 2.79. The first-order valence-electron chi connectivity index (χ1n) is 11.1. The Hall–Kier alpha value is -3.64. The summed E-state index contributed by atoms with van der Waals surface area (Å²) in [4.78, 5) is 0. The average molecular weight is 397 g/mol. The molecule has 0 bridgehead atoms. The van der Waals surface area contributed by atoms with E-state index in [0.29, 0.717) is 0 Å². The Bertz CT molecular complexity index is 1440. The molecule has 0 saturated carbocycles. The Kier molecular flexibility index (Phi) is 4.25. The molecular formula is C31H24. The number of rotatable bonds is 3. The van der Waals surface area contributed by atoms with Crippen molar-refractivity contribution in [2.24, 2.45) is 0 Å². The third-order valence-electron chi connectivity index (χ3n) is 6.64. The minimum atomic E-state index is 1.21. The number of fused-ring (bicyclic) bond motifs is 3. The molecule has 0 unspecified atom stereocenters. The molecule has 0 fully saturated rings. The predicted octanol–water partition coefficient (Wildman–Crippen LogP) is 8.25. The van der Waals surface area contributed by atoms with E-state index >= 15 is 0 Å². The van der Waals surface area contributed by atoms with Crippen molar-refractivity contribution in [1.29, 1.82) is 0 Å². The quantitative estimate of drug-likeness (QED) is 0.288. The molecule has 5 aromatic rings. The monoisotopic (exact) mass is 396 g/mol. The van der Waals surface area contributed by atoms with E-state index < -0.39 is 0 Å². The maximum atomic E-state index is 2.34. The molecule has 0 amide bonds. The summed E-state index contributed by atoms with van der Waals surface area (Å²) in [7, 11) is 0. The van der Waals surface area contributed by atoms with Crippen LogP contribution in [0.25, 0.3) is 44.2 Å². The second-order valence-electron chi connectivity index (χ2n) is 8.64. The van der Waals surface area contributed by atoms with Crippen LogP contribution < -0.4 is 0 Å². The fourth-order valence-electron chi connectivity index (χ4n) is 4.90. The molecule has 0 heteroatoms. The van der Waals surface area contributed by atoms with Crippen molar-refractivity contribution >= 4 is 10.8 Å². The number of benzene rings is 5. The van der Waals surface area contributed by atoms with Crippen LogP contribution in [0, 0.1) is 6.92 Å². The standard InChI is InChI=1S/C31H24/c1-21-6-2-7-23(18-21)24-8-3-9-25(19-24)26-10-4-11-27(20-26)28-12-5-13-30-29-16-14-22(29)15-17-31(28)30/h2-13,15,17-20H,14,16H2,1H3. The van der Waals surface area contributed by atoms with Gasteiger partial charge < -0.3 is 0 Å². The predicted molar refractivity (Wildman–Crippen MR) is 132 cm³/mol. The van der Waals surface area contributed by atoms with Gasteiger partial charge in [-0.3, -0.25) is 0 Å². The summed E-state index contributed by atoms with van der Waals surface area (Å²) in [6.45, 7) is 2.15. The fourth-order valence-corrected chi connectivity index (χ4v) is 4.90. The Balaban J connectivity index is 1.44. The summed E-state index contributed by atoms with van der Waals surface area (Å²) >= 11 is 0. The van der Waals surface area contributed by atoms with E-state index in [1.165, 1.54) is 68.1 Å². The van der Waals surface area contributed by atoms with Crippen LogP contribution in [0.15, 0.2) is 103 Å². The van der Waals surface area contributed by atoms with E-state index in [0.717, 1.165) is 0 Å². The van der Waals surface area contributed by atoms with Crippen LogP contribution in [0.3, 0.4) is 0 Å². The number of hydrogen-bond donors (Lipinski definition) is 0. The van der Waals surface area contributed by atoms with E-state index in [-0.39, 0.29) is 0 Å². The summed E-state index contributed by atoms with van der Waals surface area (Å²) < 4.78 is 0. The molecular weight excluding hydrogens is 372 g/mol. The van der Waals surface area contributed by atoms with Crippen molar-refractivity contribution in [3.8, 4) is 33.4 Å². The van der Waals surface area contributed by atoms with Crippen LogP contribution in [0.1, 0.15) is 16.7 Å². The van der Waals surface area contributed by atoms with Crippen LogP contribution in [-0.4, -0.2) is 0 Å². The van der Waals surface area contributed by atoms with Crippen molar-refractivity contribution in [1.82, 2.24) is 0 Å². The van der Waals surface area contributed by atoms with Gasteiger partial charge in [-0.1, -0.05) is 96.6 Å². The molecule has 0 heterocycles. The Morgan fingerprint density at radius 1 is 0.484 bits per heavy atom. The lowest BCUT2D eigenvalue weighted by Crippen LogP contribution is -2.08. The SMILES string of the molecule is Cc1cccc(-c2cccc(-c3cccc(-c4cccc5c6c(ccc45)CC6)c3)c2)c1. The Morgan fingerprint density at radius 2 is 1.10 bits per heavy atom. The minimum Gasteiger partial charge on any atom is -0.0614 e. The van der Waals surface area contributed by atoms with E-state index in [1.54, 1.807) is 5.56 Å². The van der Waals surface area contributed by atoms with Gasteiger partial charge in [-0.25, -0.2) is 0 Å². The molecule has 148 valence electrons. The maximum absolute atomic E-state index is 2.34. The van der Waals surface area contributed by atoms with E-state index in [1.807, 2.05) is 0 Å². The Morgan fingerprint density at radius 3 is 1.77 bits per heavy atom. The van der Waals surface area contributed by atoms with E-state index in [9.17, 15) is 0 Å². The largest absolute Gasteiger partial charge is 0.0614 e. The molecule has 0 N–H and O–H groups in total. The lowest BCUT2D eigenvalue weighted by molar-refractivity contribution is 0.852. The van der Waals surface area contributed by atoms with Crippen molar-refractivity contribution in [3.63, 3.8) is 0 Å². The maximum Gasteiger partial charge on any atom is -0.0102 e. The van der Waals surface area contributed by atoms with Gasteiger partial charge in [-0.15, -0.1) is 0 Å². The molecule has 1 aliphatic carbocycles. The van der Waals surface area contributed by atoms with Crippen LogP contribution in [0.4, 0.5) is 0 Å². The van der Waals surface area contributed by atoms with Gasteiger partial charge >= 0.3 is 0 Å². The molecule has 5 aromatic carbocycles. The molecule has 0 aliphatic heterocycles. The first-order chi connectivity index (χ1) is 15.3. The molecule has 0 saturated heterocycles. The lowest BCUT2D eigenvalue weighted by atomic mass is 9.82. The van der Waals surface area contributed by atoms with Crippen molar-refractivity contribution in [3.05, 3.63) is 120 Å². The first-order valence-corrected chi connectivity index (χ1v) is 11.1. The summed E-state index contributed by atoms with van der Waals surface area (Å²) in [6, 6.07) is 38.0. The summed E-state index contributed by atoms with van der Waals surface area (Å²) in [6.07, 6.45) is 2.43. The van der Waals surface area contributed by atoms with Gasteiger partial charge in [0.1, 0.15) is 0 Å². The summed E-state index contributed by atoms with van der Waals surface area (Å²) in [5.41, 5.74) is 12.0. The zero-order valence-electron chi connectivity index (χ0n) is 17.7. The molecule has 0 spiro atoms. The summed E-state index contributed by atoms with van der Waals surface area (Å²) in [5, 5.41) is 2.79. The smallest absolute Gasteiger partial charge is 0.0102 e. The summed E-state index contributed by atoms with van der Waals surface area (Å²) in [5.74, 6) is 0. The molecule has 0 aromatic heterocycles. The van der Waals surface area contributed by atoms with E-state index in [2.05, 4.69) is 110 Å². The van der Waals surface area contributed by atoms with Crippen LogP contribution in [0.2, 0.25) is 0 Å². The third-order valence-corrected chi connectivity index (χ3v) is 6.64. The topological polar surface area (TPSA) is 0 Å². The molecule has 6 rings (SSSR count). The minimum absolute atomic E-state index is 1.21. The molecule has 1 aliphatic rings. The van der Waals surface area contributed by atoms with Gasteiger partial charge in [0, 0.05) is 0 Å². The highest BCUT2D eigenvalue weighted by atomic mass is 14.2. The van der Waals surface area contributed by atoms with Crippen LogP contribution in [0.5, 0.6) is 0 Å². The van der Waals surface area contributed by atoms with Crippen molar-refractivity contribution in [2.75, 3.05) is 0 Å². The van der Waals surface area contributed by atoms with Gasteiger partial charge in [-0.2, -0.15) is 0 Å². The number of aryl methyl sites for hydroxylation is 3. The van der Waals surface area contributed by atoms with Gasteiger partial charge in [0.2, 0.25) is 0 Å². The van der Waals surface area contributed by atoms with E-state index in [4.69, 9.17) is 0 Å². The highest BCUT2D eigenvalue weighted by Crippen LogP contribution is 2.37. The Labute approximate surface area is 183 Å². The lowest BCUT2D eigenvalue weighted by Gasteiger charge is -2.22. The highest BCUT2D eigenvalue weighted by molar-refractivity contribution is 6.00. The normalized spacial score (nSPS) is 12.4. The van der Waals surface area contributed by atoms with Gasteiger partial charge in [0.25, 0.3) is 0 Å². The highest BCUT2D eigenvalue weighted by Gasteiger charge is 2.17. The molecule has 0 atom stereocenters. The molecule has 0 radical (unpaired) electrons. The van der Waals surface area contributed by atoms with Gasteiger partial charge in [-0.05, 0) is 87.2 Å². The zero-order chi connectivity index (χ0) is 20.8. The van der Waals surface area contributed by atoms with Gasteiger partial charge in [0.15, 0.2) is 0 Å². The van der Waals surface area contributed by atoms with Crippen molar-refractivity contribution in [2.45, 2.75) is 19.8 Å².